The normalized spacial score (nSPS) is 42.6. The van der Waals surface area contributed by atoms with E-state index in [4.69, 9.17) is 9.47 Å². The van der Waals surface area contributed by atoms with Gasteiger partial charge in [-0.3, -0.25) is 4.79 Å². The van der Waals surface area contributed by atoms with Gasteiger partial charge in [0.05, 0.1) is 11.5 Å². The number of esters is 2. The van der Waals surface area contributed by atoms with Gasteiger partial charge in [0.15, 0.2) is 0 Å². The molecule has 6 heteroatoms. The zero-order chi connectivity index (χ0) is 15.4. The van der Waals surface area contributed by atoms with Crippen LogP contribution in [-0.2, 0) is 23.9 Å². The van der Waals surface area contributed by atoms with Crippen molar-refractivity contribution in [2.24, 2.45) is 17.3 Å². The lowest BCUT2D eigenvalue weighted by Crippen LogP contribution is -2.46. The standard InChI is InChI=1S/C15H18O6/c1-7-10(14(19)21-12(7)17)11-15(2)8(6-16)4-3-5-9(15)13(18)20-11/h6,8-9,11-12,17H,3-5H2,1-2H3/t8-,9+,11-,12+,15-/m0/s1. The van der Waals surface area contributed by atoms with Gasteiger partial charge in [0.25, 0.3) is 0 Å². The third-order valence-corrected chi connectivity index (χ3v) is 5.30. The zero-order valence-electron chi connectivity index (χ0n) is 12.0. The van der Waals surface area contributed by atoms with Crippen LogP contribution >= 0.6 is 0 Å². The molecule has 1 aliphatic carbocycles. The van der Waals surface area contributed by atoms with E-state index < -0.39 is 29.7 Å². The zero-order valence-corrected chi connectivity index (χ0v) is 12.0. The van der Waals surface area contributed by atoms with Crippen LogP contribution in [-0.4, -0.2) is 35.7 Å². The van der Waals surface area contributed by atoms with Gasteiger partial charge in [0, 0.05) is 16.9 Å². The molecule has 1 saturated carbocycles. The molecule has 2 fully saturated rings. The number of aldehydes is 1. The average molecular weight is 294 g/mol. The van der Waals surface area contributed by atoms with Crippen molar-refractivity contribution in [1.82, 2.24) is 0 Å². The monoisotopic (exact) mass is 294 g/mol. The smallest absolute Gasteiger partial charge is 0.340 e. The molecule has 3 rings (SSSR count). The van der Waals surface area contributed by atoms with Gasteiger partial charge in [-0.15, -0.1) is 0 Å². The fourth-order valence-electron chi connectivity index (χ4n) is 3.94. The number of aliphatic hydroxyl groups excluding tert-OH is 1. The maximum atomic E-state index is 12.2. The number of carbonyl (C=O) groups is 3. The first-order valence-electron chi connectivity index (χ1n) is 7.16. The Morgan fingerprint density at radius 3 is 2.57 bits per heavy atom. The number of ether oxygens (including phenoxy) is 2. The van der Waals surface area contributed by atoms with Gasteiger partial charge < -0.3 is 19.4 Å². The predicted molar refractivity (Wildman–Crippen MR) is 69.7 cm³/mol. The van der Waals surface area contributed by atoms with Crippen LogP contribution in [0.4, 0.5) is 0 Å². The van der Waals surface area contributed by atoms with E-state index in [9.17, 15) is 19.5 Å². The van der Waals surface area contributed by atoms with Crippen molar-refractivity contribution < 1.29 is 29.0 Å². The minimum atomic E-state index is -1.30. The Bertz CT molecular complexity index is 550. The molecule has 1 saturated heterocycles. The molecule has 1 N–H and O–H groups in total. The molecular weight excluding hydrogens is 276 g/mol. The van der Waals surface area contributed by atoms with E-state index in [1.807, 2.05) is 6.92 Å². The van der Waals surface area contributed by atoms with E-state index >= 15 is 0 Å². The Kier molecular flexibility index (Phi) is 3.16. The Morgan fingerprint density at radius 1 is 1.29 bits per heavy atom. The van der Waals surface area contributed by atoms with Crippen LogP contribution in [0.2, 0.25) is 0 Å². The summed E-state index contributed by atoms with van der Waals surface area (Å²) in [6.07, 6.45) is 0.847. The molecule has 2 heterocycles. The van der Waals surface area contributed by atoms with Gasteiger partial charge in [-0.05, 0) is 19.8 Å². The fraction of sp³-hybridized carbons (Fsp3) is 0.667. The first-order valence-corrected chi connectivity index (χ1v) is 7.16. The molecule has 6 nitrogen and oxygen atoms in total. The molecule has 0 spiro atoms. The van der Waals surface area contributed by atoms with E-state index in [-0.39, 0.29) is 17.5 Å². The molecule has 0 aromatic heterocycles. The lowest BCUT2D eigenvalue weighted by atomic mass is 9.59. The maximum absolute atomic E-state index is 12.2. The van der Waals surface area contributed by atoms with Gasteiger partial charge in [-0.2, -0.15) is 0 Å². The summed E-state index contributed by atoms with van der Waals surface area (Å²) in [5, 5.41) is 9.66. The SMILES string of the molecule is CC1=C([C@@H]2OC(=O)[C@H]3CCC[C@@H](C=O)[C@@]32C)C(=O)O[C@H]1O. The molecule has 0 bridgehead atoms. The highest BCUT2D eigenvalue weighted by atomic mass is 16.6. The van der Waals surface area contributed by atoms with Crippen LogP contribution in [0.1, 0.15) is 33.1 Å². The minimum absolute atomic E-state index is 0.189. The summed E-state index contributed by atoms with van der Waals surface area (Å²) >= 11 is 0. The van der Waals surface area contributed by atoms with Crippen molar-refractivity contribution in [3.63, 3.8) is 0 Å². The van der Waals surface area contributed by atoms with Crippen molar-refractivity contribution in [3.05, 3.63) is 11.1 Å². The highest BCUT2D eigenvalue weighted by Crippen LogP contribution is 2.55. The van der Waals surface area contributed by atoms with E-state index in [0.29, 0.717) is 18.4 Å². The largest absolute Gasteiger partial charge is 0.456 e. The Labute approximate surface area is 122 Å². The van der Waals surface area contributed by atoms with Gasteiger partial charge in [0.1, 0.15) is 12.4 Å². The Morgan fingerprint density at radius 2 is 2.00 bits per heavy atom. The van der Waals surface area contributed by atoms with Crippen LogP contribution in [0.25, 0.3) is 0 Å². The second kappa shape index (κ2) is 4.66. The molecule has 0 unspecified atom stereocenters. The average Bonchev–Trinajstić information content (AvgIpc) is 2.84. The minimum Gasteiger partial charge on any atom is -0.456 e. The second-order valence-corrected chi connectivity index (χ2v) is 6.26. The van der Waals surface area contributed by atoms with Crippen LogP contribution in [0.5, 0.6) is 0 Å². The van der Waals surface area contributed by atoms with Crippen LogP contribution in [0.3, 0.4) is 0 Å². The second-order valence-electron chi connectivity index (χ2n) is 6.26. The van der Waals surface area contributed by atoms with Gasteiger partial charge in [0.2, 0.25) is 6.29 Å². The van der Waals surface area contributed by atoms with Crippen LogP contribution < -0.4 is 0 Å². The van der Waals surface area contributed by atoms with E-state index in [1.54, 1.807) is 6.92 Å². The number of hydrogen-bond donors (Lipinski definition) is 1. The van der Waals surface area contributed by atoms with E-state index in [0.717, 1.165) is 12.7 Å². The summed E-state index contributed by atoms with van der Waals surface area (Å²) < 4.78 is 10.2. The first kappa shape index (κ1) is 14.3. The topological polar surface area (TPSA) is 89.9 Å². The summed E-state index contributed by atoms with van der Waals surface area (Å²) in [4.78, 5) is 35.6. The lowest BCUT2D eigenvalue weighted by molar-refractivity contribution is -0.153. The van der Waals surface area contributed by atoms with Crippen molar-refractivity contribution in [2.45, 2.75) is 45.5 Å². The number of aliphatic hydroxyl groups is 1. The molecule has 114 valence electrons. The summed E-state index contributed by atoms with van der Waals surface area (Å²) in [6, 6.07) is 0. The molecule has 3 aliphatic rings. The molecule has 21 heavy (non-hydrogen) atoms. The number of carbonyl (C=O) groups excluding carboxylic acids is 3. The number of cyclic esters (lactones) is 2. The number of fused-ring (bicyclic) bond motifs is 1. The summed E-state index contributed by atoms with van der Waals surface area (Å²) in [6.45, 7) is 3.40. The van der Waals surface area contributed by atoms with Crippen LogP contribution in [0, 0.1) is 17.3 Å². The molecule has 0 aromatic carbocycles. The molecule has 2 aliphatic heterocycles. The number of rotatable bonds is 2. The Balaban J connectivity index is 2.08. The third kappa shape index (κ3) is 1.78. The number of hydrogen-bond acceptors (Lipinski definition) is 6. The molecular formula is C15H18O6. The highest BCUT2D eigenvalue weighted by molar-refractivity contribution is 5.95. The van der Waals surface area contributed by atoms with E-state index in [2.05, 4.69) is 0 Å². The molecule has 0 amide bonds. The fourth-order valence-corrected chi connectivity index (χ4v) is 3.94. The predicted octanol–water partition coefficient (Wildman–Crippen LogP) is 0.725. The summed E-state index contributed by atoms with van der Waals surface area (Å²) in [5.74, 6) is -1.78. The van der Waals surface area contributed by atoms with Gasteiger partial charge in [-0.1, -0.05) is 13.3 Å². The quantitative estimate of drug-likeness (QED) is 0.596. The lowest BCUT2D eigenvalue weighted by Gasteiger charge is -2.41. The molecule has 0 aromatic rings. The van der Waals surface area contributed by atoms with Crippen molar-refractivity contribution in [2.75, 3.05) is 0 Å². The van der Waals surface area contributed by atoms with Gasteiger partial charge in [-0.25, -0.2) is 4.79 Å². The van der Waals surface area contributed by atoms with Crippen molar-refractivity contribution in [3.8, 4) is 0 Å². The highest BCUT2D eigenvalue weighted by Gasteiger charge is 2.62. The van der Waals surface area contributed by atoms with Crippen molar-refractivity contribution in [1.29, 1.82) is 0 Å². The van der Waals surface area contributed by atoms with E-state index in [1.165, 1.54) is 0 Å². The molecule has 5 atom stereocenters. The maximum Gasteiger partial charge on any atom is 0.340 e. The van der Waals surface area contributed by atoms with Crippen LogP contribution in [0.15, 0.2) is 11.1 Å². The van der Waals surface area contributed by atoms with Crippen molar-refractivity contribution >= 4 is 18.2 Å². The Hall–Kier alpha value is -1.69. The molecule has 0 radical (unpaired) electrons. The van der Waals surface area contributed by atoms with Gasteiger partial charge >= 0.3 is 11.9 Å². The first-order chi connectivity index (χ1) is 9.91. The summed E-state index contributed by atoms with van der Waals surface area (Å²) in [7, 11) is 0. The summed E-state index contributed by atoms with van der Waals surface area (Å²) in [5.41, 5.74) is -0.207. The third-order valence-electron chi connectivity index (χ3n) is 5.30.